The highest BCUT2D eigenvalue weighted by molar-refractivity contribution is 5.62. The molecule has 18 heavy (non-hydrogen) atoms. The number of nitrogens with zero attached hydrogens (tertiary/aromatic N) is 1. The number of H-pyrrole nitrogens is 1. The van der Waals surface area contributed by atoms with E-state index in [4.69, 9.17) is 0 Å². The van der Waals surface area contributed by atoms with E-state index in [1.54, 1.807) is 0 Å². The van der Waals surface area contributed by atoms with Gasteiger partial charge in [-0.15, -0.1) is 0 Å². The van der Waals surface area contributed by atoms with Crippen molar-refractivity contribution in [1.29, 1.82) is 0 Å². The number of aromatic nitrogens is 2. The van der Waals surface area contributed by atoms with Crippen LogP contribution in [0.3, 0.4) is 0 Å². The van der Waals surface area contributed by atoms with Gasteiger partial charge in [-0.2, -0.15) is 0 Å². The number of anilines is 2. The van der Waals surface area contributed by atoms with Crippen LogP contribution >= 0.6 is 0 Å². The van der Waals surface area contributed by atoms with E-state index in [0.717, 1.165) is 25.2 Å². The van der Waals surface area contributed by atoms with Crippen LogP contribution in [-0.2, 0) is 13.0 Å². The summed E-state index contributed by atoms with van der Waals surface area (Å²) < 4.78 is 0. The molecule has 0 fully saturated rings. The number of benzene rings is 1. The lowest BCUT2D eigenvalue weighted by Crippen LogP contribution is -2.24. The Labute approximate surface area is 104 Å². The highest BCUT2D eigenvalue weighted by Gasteiger charge is 2.12. The Morgan fingerprint density at radius 1 is 1.33 bits per heavy atom. The molecule has 0 radical (unpaired) electrons. The first kappa shape index (κ1) is 11.0. The standard InChI is InChI=1S/C13H14N4O/c18-13-6-12(15-8-16-13)17-11-3-1-2-9-7-14-5-4-10(9)11/h1-3,6,8,14H,4-5,7H2,(H2,15,16,17,18). The second-order valence-electron chi connectivity index (χ2n) is 4.29. The van der Waals surface area contributed by atoms with E-state index < -0.39 is 0 Å². The molecule has 2 heterocycles. The third kappa shape index (κ3) is 2.12. The molecule has 0 bridgehead atoms. The molecule has 92 valence electrons. The van der Waals surface area contributed by atoms with Crippen molar-refractivity contribution in [2.24, 2.45) is 0 Å². The highest BCUT2D eigenvalue weighted by atomic mass is 16.1. The van der Waals surface area contributed by atoms with Crippen LogP contribution in [0.15, 0.2) is 35.4 Å². The summed E-state index contributed by atoms with van der Waals surface area (Å²) in [6.45, 7) is 1.88. The second-order valence-corrected chi connectivity index (χ2v) is 4.29. The maximum Gasteiger partial charge on any atom is 0.252 e. The van der Waals surface area contributed by atoms with E-state index >= 15 is 0 Å². The van der Waals surface area contributed by atoms with Crippen molar-refractivity contribution in [2.45, 2.75) is 13.0 Å². The van der Waals surface area contributed by atoms with Crippen LogP contribution in [0.4, 0.5) is 11.5 Å². The minimum atomic E-state index is -0.154. The van der Waals surface area contributed by atoms with Crippen molar-refractivity contribution in [2.75, 3.05) is 11.9 Å². The van der Waals surface area contributed by atoms with Gasteiger partial charge in [0.25, 0.3) is 5.56 Å². The molecule has 1 aliphatic rings. The van der Waals surface area contributed by atoms with Crippen molar-refractivity contribution in [3.8, 4) is 0 Å². The normalized spacial score (nSPS) is 14.0. The van der Waals surface area contributed by atoms with Gasteiger partial charge in [-0.25, -0.2) is 4.98 Å². The molecule has 0 aliphatic carbocycles. The molecule has 0 spiro atoms. The average molecular weight is 242 g/mol. The summed E-state index contributed by atoms with van der Waals surface area (Å²) in [5.41, 5.74) is 3.49. The first-order valence-corrected chi connectivity index (χ1v) is 5.96. The predicted molar refractivity (Wildman–Crippen MR) is 70.0 cm³/mol. The molecule has 3 N–H and O–H groups in total. The predicted octanol–water partition coefficient (Wildman–Crippen LogP) is 1.16. The molecule has 0 amide bonds. The van der Waals surface area contributed by atoms with Gasteiger partial charge >= 0.3 is 0 Å². The third-order valence-corrected chi connectivity index (χ3v) is 3.08. The number of fused-ring (bicyclic) bond motifs is 1. The summed E-state index contributed by atoms with van der Waals surface area (Å²) in [5, 5.41) is 6.56. The van der Waals surface area contributed by atoms with E-state index in [2.05, 4.69) is 26.7 Å². The summed E-state index contributed by atoms with van der Waals surface area (Å²) in [6, 6.07) is 7.62. The molecule has 2 aromatic rings. The van der Waals surface area contributed by atoms with Crippen molar-refractivity contribution in [3.05, 3.63) is 52.1 Å². The Hall–Kier alpha value is -2.14. The topological polar surface area (TPSA) is 69.8 Å². The molecule has 1 aromatic heterocycles. The molecule has 0 saturated carbocycles. The molecular formula is C13H14N4O. The highest BCUT2D eigenvalue weighted by Crippen LogP contribution is 2.24. The number of hydrogen-bond donors (Lipinski definition) is 3. The molecule has 5 heteroatoms. The minimum absolute atomic E-state index is 0.154. The van der Waals surface area contributed by atoms with Gasteiger partial charge in [-0.3, -0.25) is 4.79 Å². The number of rotatable bonds is 2. The Morgan fingerprint density at radius 3 is 3.17 bits per heavy atom. The quantitative estimate of drug-likeness (QED) is 0.739. The smallest absolute Gasteiger partial charge is 0.252 e. The van der Waals surface area contributed by atoms with Crippen LogP contribution in [-0.4, -0.2) is 16.5 Å². The third-order valence-electron chi connectivity index (χ3n) is 3.08. The Kier molecular flexibility index (Phi) is 2.82. The van der Waals surface area contributed by atoms with Crippen LogP contribution in [0, 0.1) is 0 Å². The van der Waals surface area contributed by atoms with Crippen molar-refractivity contribution in [3.63, 3.8) is 0 Å². The Morgan fingerprint density at radius 2 is 2.28 bits per heavy atom. The molecule has 3 rings (SSSR count). The van der Waals surface area contributed by atoms with Crippen LogP contribution < -0.4 is 16.2 Å². The average Bonchev–Trinajstić information content (AvgIpc) is 2.39. The van der Waals surface area contributed by atoms with E-state index in [-0.39, 0.29) is 5.56 Å². The van der Waals surface area contributed by atoms with Crippen LogP contribution in [0.2, 0.25) is 0 Å². The Bertz CT molecular complexity index is 620. The van der Waals surface area contributed by atoms with Gasteiger partial charge in [-0.1, -0.05) is 12.1 Å². The van der Waals surface area contributed by atoms with Crippen LogP contribution in [0.25, 0.3) is 0 Å². The van der Waals surface area contributed by atoms with Crippen LogP contribution in [0.5, 0.6) is 0 Å². The maximum atomic E-state index is 11.2. The molecule has 5 nitrogen and oxygen atoms in total. The lowest BCUT2D eigenvalue weighted by Gasteiger charge is -2.20. The van der Waals surface area contributed by atoms with Gasteiger partial charge in [0.15, 0.2) is 0 Å². The minimum Gasteiger partial charge on any atom is -0.340 e. The first-order valence-electron chi connectivity index (χ1n) is 5.96. The lowest BCUT2D eigenvalue weighted by atomic mass is 9.99. The van der Waals surface area contributed by atoms with Gasteiger partial charge in [0.1, 0.15) is 5.82 Å². The van der Waals surface area contributed by atoms with Crippen molar-refractivity contribution < 1.29 is 0 Å². The maximum absolute atomic E-state index is 11.2. The zero-order valence-electron chi connectivity index (χ0n) is 9.86. The van der Waals surface area contributed by atoms with Gasteiger partial charge in [-0.05, 0) is 30.2 Å². The molecule has 0 unspecified atom stereocenters. The number of hydrogen-bond acceptors (Lipinski definition) is 4. The number of nitrogens with one attached hydrogen (secondary N) is 3. The van der Waals surface area contributed by atoms with E-state index in [9.17, 15) is 4.79 Å². The second kappa shape index (κ2) is 4.62. The fourth-order valence-corrected chi connectivity index (χ4v) is 2.22. The van der Waals surface area contributed by atoms with Crippen molar-refractivity contribution in [1.82, 2.24) is 15.3 Å². The van der Waals surface area contributed by atoms with Gasteiger partial charge < -0.3 is 15.6 Å². The molecule has 1 aliphatic heterocycles. The zero-order valence-corrected chi connectivity index (χ0v) is 9.86. The largest absolute Gasteiger partial charge is 0.340 e. The van der Waals surface area contributed by atoms with Crippen molar-refractivity contribution >= 4 is 11.5 Å². The van der Waals surface area contributed by atoms with Gasteiger partial charge in [0.2, 0.25) is 0 Å². The van der Waals surface area contributed by atoms with E-state index in [1.165, 1.54) is 23.5 Å². The zero-order chi connectivity index (χ0) is 12.4. The molecule has 1 aromatic carbocycles. The summed E-state index contributed by atoms with van der Waals surface area (Å²) >= 11 is 0. The van der Waals surface area contributed by atoms with E-state index in [1.807, 2.05) is 12.1 Å². The molecule has 0 saturated heterocycles. The first-order chi connectivity index (χ1) is 8.83. The summed E-state index contributed by atoms with van der Waals surface area (Å²) in [4.78, 5) is 17.8. The monoisotopic (exact) mass is 242 g/mol. The van der Waals surface area contributed by atoms with Crippen LogP contribution in [0.1, 0.15) is 11.1 Å². The fourth-order valence-electron chi connectivity index (χ4n) is 2.22. The lowest BCUT2D eigenvalue weighted by molar-refractivity contribution is 0.645. The SMILES string of the molecule is O=c1cc(Nc2cccc3c2CCNC3)nc[nH]1. The molecule has 0 atom stereocenters. The summed E-state index contributed by atoms with van der Waals surface area (Å²) in [6.07, 6.45) is 2.39. The Balaban J connectivity index is 1.95. The van der Waals surface area contributed by atoms with Gasteiger partial charge in [0.05, 0.1) is 6.33 Å². The van der Waals surface area contributed by atoms with Gasteiger partial charge in [0, 0.05) is 18.3 Å². The van der Waals surface area contributed by atoms with E-state index in [0.29, 0.717) is 5.82 Å². The molecular weight excluding hydrogens is 228 g/mol. The summed E-state index contributed by atoms with van der Waals surface area (Å²) in [7, 11) is 0. The fraction of sp³-hybridized carbons (Fsp3) is 0.231. The summed E-state index contributed by atoms with van der Waals surface area (Å²) in [5.74, 6) is 0.575. The number of aromatic amines is 1.